The van der Waals surface area contributed by atoms with Crippen LogP contribution < -0.4 is 5.84 Å². The van der Waals surface area contributed by atoms with Crippen LogP contribution in [0.5, 0.6) is 0 Å². The number of aliphatic imine (C=N–C) groups is 1. The van der Waals surface area contributed by atoms with Crippen molar-refractivity contribution in [1.82, 2.24) is 5.01 Å². The Morgan fingerprint density at radius 3 is 2.75 bits per heavy atom. The van der Waals surface area contributed by atoms with Crippen molar-refractivity contribution < 1.29 is 0 Å². The Morgan fingerprint density at radius 1 is 1.75 bits per heavy atom. The van der Waals surface area contributed by atoms with Crippen LogP contribution in [0, 0.1) is 0 Å². The summed E-state index contributed by atoms with van der Waals surface area (Å²) < 4.78 is 0. The maximum atomic E-state index is 5.40. The largest absolute Gasteiger partial charge is 0.299 e. The summed E-state index contributed by atoms with van der Waals surface area (Å²) >= 11 is 0. The van der Waals surface area contributed by atoms with Crippen LogP contribution in [0.3, 0.4) is 0 Å². The molecule has 0 fully saturated rings. The molecule has 0 unspecified atom stereocenters. The predicted molar refractivity (Wildman–Crippen MR) is 35.9 cm³/mol. The van der Waals surface area contributed by atoms with Gasteiger partial charge in [0.25, 0.3) is 0 Å². The van der Waals surface area contributed by atoms with Gasteiger partial charge < -0.3 is 0 Å². The topological polar surface area (TPSA) is 41.6 Å². The molecule has 48 valence electrons. The van der Waals surface area contributed by atoms with Gasteiger partial charge in [-0.05, 0) is 0 Å². The maximum Gasteiger partial charge on any atom is 0.0478 e. The highest BCUT2D eigenvalue weighted by atomic mass is 15.4. The zero-order valence-corrected chi connectivity index (χ0v) is 5.46. The Morgan fingerprint density at radius 2 is 2.38 bits per heavy atom. The number of hydrazine groups is 1. The fourth-order valence-corrected chi connectivity index (χ4v) is 0.316. The van der Waals surface area contributed by atoms with Gasteiger partial charge in [-0.25, -0.2) is 5.01 Å². The average molecular weight is 115 g/mol. The van der Waals surface area contributed by atoms with E-state index in [0.29, 0.717) is 0 Å². The van der Waals surface area contributed by atoms with Crippen LogP contribution in [0.15, 0.2) is 4.99 Å². The number of nitrogens with two attached hydrogens (primary N) is 1. The fraction of sp³-hybridized carbons (Fsp3) is 0.800. The third kappa shape index (κ3) is 3.77. The van der Waals surface area contributed by atoms with Crippen LogP contribution in [-0.2, 0) is 0 Å². The molecular weight excluding hydrogens is 102 g/mol. The fourth-order valence-electron chi connectivity index (χ4n) is 0.316. The van der Waals surface area contributed by atoms with E-state index >= 15 is 0 Å². The highest BCUT2D eigenvalue weighted by Crippen LogP contribution is 1.69. The van der Waals surface area contributed by atoms with Crippen molar-refractivity contribution in [2.75, 3.05) is 20.1 Å². The molecule has 0 spiro atoms. The van der Waals surface area contributed by atoms with Gasteiger partial charge in [-0.2, -0.15) is 0 Å². The molecule has 2 N–H and O–H groups in total. The van der Waals surface area contributed by atoms with Crippen molar-refractivity contribution in [1.29, 1.82) is 0 Å². The molecule has 0 aliphatic carbocycles. The van der Waals surface area contributed by atoms with Crippen LogP contribution in [0.4, 0.5) is 0 Å². The third-order valence-corrected chi connectivity index (χ3v) is 0.905. The molecule has 3 nitrogen and oxygen atoms in total. The molecule has 0 amide bonds. The van der Waals surface area contributed by atoms with Crippen molar-refractivity contribution in [2.45, 2.75) is 6.92 Å². The van der Waals surface area contributed by atoms with Gasteiger partial charge in [0.15, 0.2) is 0 Å². The van der Waals surface area contributed by atoms with Gasteiger partial charge in [-0.15, -0.1) is 0 Å². The van der Waals surface area contributed by atoms with E-state index in [1.54, 1.807) is 18.3 Å². The average Bonchev–Trinajstić information content (AvgIpc) is 1.83. The summed E-state index contributed by atoms with van der Waals surface area (Å²) in [6.45, 7) is 3.61. The van der Waals surface area contributed by atoms with Crippen LogP contribution >= 0.6 is 0 Å². The minimum Gasteiger partial charge on any atom is -0.299 e. The molecule has 0 bridgehead atoms. The van der Waals surface area contributed by atoms with E-state index in [0.717, 1.165) is 13.1 Å². The Kier molecular flexibility index (Phi) is 4.50. The van der Waals surface area contributed by atoms with Gasteiger partial charge in [0.05, 0.1) is 0 Å². The van der Waals surface area contributed by atoms with Gasteiger partial charge >= 0.3 is 0 Å². The van der Waals surface area contributed by atoms with E-state index in [-0.39, 0.29) is 0 Å². The van der Waals surface area contributed by atoms with Crippen LogP contribution in [0.25, 0.3) is 0 Å². The minimum atomic E-state index is 0.743. The molecule has 0 aliphatic rings. The Labute approximate surface area is 50.2 Å². The molecule has 0 rings (SSSR count). The van der Waals surface area contributed by atoms with Gasteiger partial charge in [-0.3, -0.25) is 10.8 Å². The summed E-state index contributed by atoms with van der Waals surface area (Å²) in [6.07, 6.45) is 1.78. The van der Waals surface area contributed by atoms with E-state index in [1.807, 2.05) is 6.92 Å². The van der Waals surface area contributed by atoms with Crippen LogP contribution in [0.1, 0.15) is 6.92 Å². The first-order valence-electron chi connectivity index (χ1n) is 2.71. The lowest BCUT2D eigenvalue weighted by atomic mass is 10.6. The summed E-state index contributed by atoms with van der Waals surface area (Å²) in [5, 5.41) is 1.69. The summed E-state index contributed by atoms with van der Waals surface area (Å²) in [5.41, 5.74) is 0. The standard InChI is InChI=1S/C5H13N3/c1-3-8(6)5-4-7-2/h4H,3,5-6H2,1-2H3/b7-4-. The smallest absolute Gasteiger partial charge is 0.0478 e. The molecule has 0 atom stereocenters. The van der Waals surface area contributed by atoms with Gasteiger partial charge in [0, 0.05) is 26.4 Å². The van der Waals surface area contributed by atoms with Crippen molar-refractivity contribution in [3.8, 4) is 0 Å². The number of rotatable bonds is 3. The zero-order valence-electron chi connectivity index (χ0n) is 5.46. The molecule has 0 aliphatic heterocycles. The highest BCUT2D eigenvalue weighted by Gasteiger charge is 1.86. The summed E-state index contributed by atoms with van der Waals surface area (Å²) in [5.74, 6) is 5.40. The van der Waals surface area contributed by atoms with E-state index in [1.165, 1.54) is 0 Å². The van der Waals surface area contributed by atoms with Crippen molar-refractivity contribution in [3.05, 3.63) is 0 Å². The van der Waals surface area contributed by atoms with Gasteiger partial charge in [-0.1, -0.05) is 6.92 Å². The zero-order chi connectivity index (χ0) is 6.41. The quantitative estimate of drug-likeness (QED) is 0.316. The lowest BCUT2D eigenvalue weighted by Crippen LogP contribution is -2.32. The number of nitrogens with zero attached hydrogens (tertiary/aromatic N) is 2. The molecular formula is C5H13N3. The monoisotopic (exact) mass is 115 g/mol. The van der Waals surface area contributed by atoms with E-state index < -0.39 is 0 Å². The molecule has 0 heterocycles. The second-order valence-electron chi connectivity index (χ2n) is 1.53. The minimum absolute atomic E-state index is 0.743. The van der Waals surface area contributed by atoms with Crippen molar-refractivity contribution in [3.63, 3.8) is 0 Å². The first-order valence-corrected chi connectivity index (χ1v) is 2.71. The molecule has 8 heavy (non-hydrogen) atoms. The molecule has 0 saturated heterocycles. The summed E-state index contributed by atoms with van der Waals surface area (Å²) in [6, 6.07) is 0. The van der Waals surface area contributed by atoms with E-state index in [9.17, 15) is 0 Å². The lowest BCUT2D eigenvalue weighted by Gasteiger charge is -2.07. The molecule has 0 radical (unpaired) electrons. The van der Waals surface area contributed by atoms with E-state index in [4.69, 9.17) is 5.84 Å². The summed E-state index contributed by atoms with van der Waals surface area (Å²) in [7, 11) is 1.74. The maximum absolute atomic E-state index is 5.40. The normalized spacial score (nSPS) is 11.5. The third-order valence-electron chi connectivity index (χ3n) is 0.905. The van der Waals surface area contributed by atoms with Crippen LogP contribution in [0.2, 0.25) is 0 Å². The molecule has 0 aromatic carbocycles. The SMILES string of the molecule is CCN(N)C/C=N\C. The van der Waals surface area contributed by atoms with Crippen molar-refractivity contribution >= 4 is 6.21 Å². The van der Waals surface area contributed by atoms with E-state index in [2.05, 4.69) is 4.99 Å². The predicted octanol–water partition coefficient (Wildman–Crippen LogP) is -0.117. The van der Waals surface area contributed by atoms with Gasteiger partial charge in [0.2, 0.25) is 0 Å². The van der Waals surface area contributed by atoms with Crippen LogP contribution in [-0.4, -0.2) is 31.4 Å². The Bertz CT molecular complexity index is 70.1. The summed E-state index contributed by atoms with van der Waals surface area (Å²) in [4.78, 5) is 3.78. The first-order chi connectivity index (χ1) is 3.81. The van der Waals surface area contributed by atoms with Gasteiger partial charge in [0.1, 0.15) is 0 Å². The first kappa shape index (κ1) is 7.59. The Hall–Kier alpha value is -0.410. The number of hydrogen-bond donors (Lipinski definition) is 1. The highest BCUT2D eigenvalue weighted by molar-refractivity contribution is 5.59. The lowest BCUT2D eigenvalue weighted by molar-refractivity contribution is 0.345. The molecule has 0 saturated carbocycles. The second-order valence-corrected chi connectivity index (χ2v) is 1.53. The second kappa shape index (κ2) is 4.74. The number of hydrogen-bond acceptors (Lipinski definition) is 3. The molecule has 3 heteroatoms. The Balaban J connectivity index is 3.10. The molecule has 0 aromatic heterocycles. The van der Waals surface area contributed by atoms with Crippen molar-refractivity contribution in [2.24, 2.45) is 10.8 Å². The molecule has 0 aromatic rings.